The lowest BCUT2D eigenvalue weighted by Crippen LogP contribution is -2.37. The van der Waals surface area contributed by atoms with E-state index >= 15 is 0 Å². The van der Waals surface area contributed by atoms with Gasteiger partial charge in [0, 0.05) is 25.7 Å². The molecule has 1 aliphatic rings. The molecular weight excluding hydrogens is 332 g/mol. The maximum absolute atomic E-state index is 11.9. The number of hydrogen-bond acceptors (Lipinski definition) is 4. The third kappa shape index (κ3) is 5.08. The number of benzene rings is 1. The number of oxazole rings is 1. The Hall–Kier alpha value is -2.83. The molecule has 2 aromatic rings. The van der Waals surface area contributed by atoms with Gasteiger partial charge in [0.25, 0.3) is 0 Å². The summed E-state index contributed by atoms with van der Waals surface area (Å²) in [6.07, 6.45) is 5.99. The van der Waals surface area contributed by atoms with Gasteiger partial charge < -0.3 is 20.0 Å². The number of carbonyl (C=O) groups is 2. The fourth-order valence-electron chi connectivity index (χ4n) is 3.18. The van der Waals surface area contributed by atoms with Gasteiger partial charge in [-0.05, 0) is 42.9 Å². The minimum Gasteiger partial charge on any atom is -0.447 e. The Labute approximate surface area is 152 Å². The monoisotopic (exact) mass is 356 g/mol. The van der Waals surface area contributed by atoms with E-state index in [2.05, 4.69) is 15.6 Å². The summed E-state index contributed by atoms with van der Waals surface area (Å²) >= 11 is 0. The Balaban J connectivity index is 1.43. The topological polar surface area (TPSA) is 87.5 Å². The van der Waals surface area contributed by atoms with Crippen LogP contribution in [0.1, 0.15) is 31.1 Å². The number of aromatic nitrogens is 1. The lowest BCUT2D eigenvalue weighted by Gasteiger charge is -2.31. The molecule has 0 saturated carbocycles. The molecule has 0 unspecified atom stereocenters. The number of hydrogen-bond donors (Lipinski definition) is 2. The molecule has 2 N–H and O–H groups in total. The molecule has 0 aliphatic carbocycles. The van der Waals surface area contributed by atoms with Gasteiger partial charge in [-0.1, -0.05) is 12.1 Å². The van der Waals surface area contributed by atoms with Gasteiger partial charge in [-0.25, -0.2) is 9.78 Å². The zero-order chi connectivity index (χ0) is 18.4. The zero-order valence-electron chi connectivity index (χ0n) is 14.9. The first-order valence-corrected chi connectivity index (χ1v) is 8.87. The van der Waals surface area contributed by atoms with Crippen LogP contribution in [0.5, 0.6) is 0 Å². The van der Waals surface area contributed by atoms with Crippen LogP contribution in [0, 0.1) is 5.92 Å². The van der Waals surface area contributed by atoms with Crippen molar-refractivity contribution in [1.82, 2.24) is 15.2 Å². The Morgan fingerprint density at radius 1 is 1.23 bits per heavy atom. The predicted molar refractivity (Wildman–Crippen MR) is 97.5 cm³/mol. The van der Waals surface area contributed by atoms with Crippen LogP contribution in [-0.2, 0) is 17.8 Å². The maximum atomic E-state index is 11.9. The van der Waals surface area contributed by atoms with Crippen molar-refractivity contribution in [3.05, 3.63) is 48.2 Å². The minimum absolute atomic E-state index is 0.167. The highest BCUT2D eigenvalue weighted by Gasteiger charge is 2.20. The molecule has 1 aromatic heterocycles. The molecule has 26 heavy (non-hydrogen) atoms. The summed E-state index contributed by atoms with van der Waals surface area (Å²) in [5.74, 6) is 1.38. The van der Waals surface area contributed by atoms with Gasteiger partial charge in [0.2, 0.25) is 5.91 Å². The number of urea groups is 1. The van der Waals surface area contributed by atoms with Crippen molar-refractivity contribution in [3.63, 3.8) is 0 Å². The van der Waals surface area contributed by atoms with E-state index < -0.39 is 0 Å². The SMILES string of the molecule is CC(=O)N1CCC(Cc2ccc(NC(=O)NCc3cnco3)cc2)CC1. The predicted octanol–water partition coefficient (Wildman–Crippen LogP) is 2.80. The summed E-state index contributed by atoms with van der Waals surface area (Å²) in [6.45, 7) is 3.63. The molecule has 1 aliphatic heterocycles. The second-order valence-electron chi connectivity index (χ2n) is 6.63. The first-order chi connectivity index (χ1) is 12.6. The third-order valence-corrected chi connectivity index (χ3v) is 4.70. The Bertz CT molecular complexity index is 720. The number of rotatable bonds is 5. The Kier molecular flexibility index (Phi) is 5.88. The number of piperidine rings is 1. The molecule has 1 aromatic carbocycles. The van der Waals surface area contributed by atoms with E-state index in [1.807, 2.05) is 29.2 Å². The van der Waals surface area contributed by atoms with E-state index in [0.717, 1.165) is 38.0 Å². The first kappa shape index (κ1) is 18.0. The highest BCUT2D eigenvalue weighted by Crippen LogP contribution is 2.22. The van der Waals surface area contributed by atoms with Gasteiger partial charge in [0.1, 0.15) is 5.76 Å². The fraction of sp³-hybridized carbons (Fsp3) is 0.421. The van der Waals surface area contributed by atoms with Gasteiger partial charge in [-0.15, -0.1) is 0 Å². The molecule has 0 atom stereocenters. The average Bonchev–Trinajstić information content (AvgIpc) is 3.16. The molecule has 7 heteroatoms. The normalized spacial score (nSPS) is 14.9. The summed E-state index contributed by atoms with van der Waals surface area (Å²) in [5.41, 5.74) is 1.99. The van der Waals surface area contributed by atoms with Gasteiger partial charge in [-0.3, -0.25) is 4.79 Å². The van der Waals surface area contributed by atoms with Crippen molar-refractivity contribution in [2.24, 2.45) is 5.92 Å². The number of amides is 3. The van der Waals surface area contributed by atoms with Crippen LogP contribution in [0.2, 0.25) is 0 Å². The van der Waals surface area contributed by atoms with E-state index in [1.54, 1.807) is 13.1 Å². The zero-order valence-corrected chi connectivity index (χ0v) is 14.9. The van der Waals surface area contributed by atoms with E-state index in [4.69, 9.17) is 4.42 Å². The molecule has 2 heterocycles. The van der Waals surface area contributed by atoms with Crippen LogP contribution in [0.3, 0.4) is 0 Å². The highest BCUT2D eigenvalue weighted by atomic mass is 16.3. The van der Waals surface area contributed by atoms with Gasteiger partial charge >= 0.3 is 6.03 Å². The quantitative estimate of drug-likeness (QED) is 0.862. The third-order valence-electron chi connectivity index (χ3n) is 4.70. The molecule has 0 bridgehead atoms. The van der Waals surface area contributed by atoms with Crippen molar-refractivity contribution < 1.29 is 14.0 Å². The van der Waals surface area contributed by atoms with E-state index in [1.165, 1.54) is 12.0 Å². The second-order valence-corrected chi connectivity index (χ2v) is 6.63. The Morgan fingerprint density at radius 3 is 2.58 bits per heavy atom. The number of nitrogens with one attached hydrogen (secondary N) is 2. The first-order valence-electron chi connectivity index (χ1n) is 8.87. The lowest BCUT2D eigenvalue weighted by molar-refractivity contribution is -0.130. The Morgan fingerprint density at radius 2 is 1.96 bits per heavy atom. The minimum atomic E-state index is -0.286. The molecule has 0 spiro atoms. The molecule has 7 nitrogen and oxygen atoms in total. The van der Waals surface area contributed by atoms with Crippen molar-refractivity contribution in [3.8, 4) is 0 Å². The van der Waals surface area contributed by atoms with Crippen molar-refractivity contribution in [1.29, 1.82) is 0 Å². The summed E-state index contributed by atoms with van der Waals surface area (Å²) in [4.78, 5) is 29.0. The molecule has 0 radical (unpaired) electrons. The molecular formula is C19H24N4O3. The number of likely N-dealkylation sites (tertiary alicyclic amines) is 1. The summed E-state index contributed by atoms with van der Waals surface area (Å²) < 4.78 is 5.07. The summed E-state index contributed by atoms with van der Waals surface area (Å²) in [5, 5.41) is 5.51. The maximum Gasteiger partial charge on any atom is 0.319 e. The smallest absolute Gasteiger partial charge is 0.319 e. The molecule has 138 valence electrons. The van der Waals surface area contributed by atoms with E-state index in [9.17, 15) is 9.59 Å². The second kappa shape index (κ2) is 8.51. The summed E-state index contributed by atoms with van der Waals surface area (Å²) in [7, 11) is 0. The van der Waals surface area contributed by atoms with Gasteiger partial charge in [0.15, 0.2) is 6.39 Å². The van der Waals surface area contributed by atoms with Crippen LogP contribution < -0.4 is 10.6 Å². The van der Waals surface area contributed by atoms with Crippen LogP contribution in [0.4, 0.5) is 10.5 Å². The molecule has 1 fully saturated rings. The molecule has 3 amide bonds. The van der Waals surface area contributed by atoms with Gasteiger partial charge in [0.05, 0.1) is 12.7 Å². The number of nitrogens with zero attached hydrogens (tertiary/aromatic N) is 2. The molecule has 1 saturated heterocycles. The largest absolute Gasteiger partial charge is 0.447 e. The van der Waals surface area contributed by atoms with Crippen LogP contribution in [0.25, 0.3) is 0 Å². The summed E-state index contributed by atoms with van der Waals surface area (Å²) in [6, 6.07) is 7.63. The van der Waals surface area contributed by atoms with Crippen LogP contribution in [0.15, 0.2) is 41.3 Å². The average molecular weight is 356 g/mol. The standard InChI is InChI=1S/C19H24N4O3/c1-14(24)23-8-6-16(7-9-23)10-15-2-4-17(5-3-15)22-19(25)21-12-18-11-20-13-26-18/h2-5,11,13,16H,6-10,12H2,1H3,(H2,21,22,25). The lowest BCUT2D eigenvalue weighted by atomic mass is 9.90. The number of carbonyl (C=O) groups excluding carboxylic acids is 2. The van der Waals surface area contributed by atoms with Crippen molar-refractivity contribution in [2.75, 3.05) is 18.4 Å². The van der Waals surface area contributed by atoms with Crippen molar-refractivity contribution >= 4 is 17.6 Å². The van der Waals surface area contributed by atoms with Crippen LogP contribution >= 0.6 is 0 Å². The molecule has 3 rings (SSSR count). The number of anilines is 1. The van der Waals surface area contributed by atoms with E-state index in [-0.39, 0.29) is 11.9 Å². The highest BCUT2D eigenvalue weighted by molar-refractivity contribution is 5.89. The van der Waals surface area contributed by atoms with Gasteiger partial charge in [-0.2, -0.15) is 0 Å². The fourth-order valence-corrected chi connectivity index (χ4v) is 3.18. The van der Waals surface area contributed by atoms with E-state index in [0.29, 0.717) is 18.2 Å². The van der Waals surface area contributed by atoms with Crippen molar-refractivity contribution in [2.45, 2.75) is 32.7 Å². The van der Waals surface area contributed by atoms with Crippen LogP contribution in [-0.4, -0.2) is 34.9 Å².